The van der Waals surface area contributed by atoms with Crippen LogP contribution in [-0.4, -0.2) is 7.05 Å². The van der Waals surface area contributed by atoms with Crippen molar-refractivity contribution >= 4 is 34.2 Å². The minimum Gasteiger partial charge on any atom is -0.309 e. The van der Waals surface area contributed by atoms with Crippen LogP contribution in [0.4, 0.5) is 0 Å². The minimum atomic E-state index is 0.172. The molecule has 0 aromatic heterocycles. The van der Waals surface area contributed by atoms with Crippen LogP contribution in [0.2, 0.25) is 5.02 Å². The second kappa shape index (κ2) is 6.25. The lowest BCUT2D eigenvalue weighted by Crippen LogP contribution is -2.20. The fourth-order valence-electron chi connectivity index (χ4n) is 2.30. The van der Waals surface area contributed by atoms with Crippen LogP contribution in [0.5, 0.6) is 0 Å². The first kappa shape index (κ1) is 14.8. The van der Waals surface area contributed by atoms with Gasteiger partial charge in [0.15, 0.2) is 0 Å². The number of hydrogen-bond donors (Lipinski definition) is 1. The van der Waals surface area contributed by atoms with E-state index >= 15 is 0 Å². The average Bonchev–Trinajstić information content (AvgIpc) is 2.39. The third-order valence-electron chi connectivity index (χ3n) is 3.52. The topological polar surface area (TPSA) is 12.0 Å². The molecule has 0 fully saturated rings. The quantitative estimate of drug-likeness (QED) is 0.743. The number of rotatable bonds is 3. The molecule has 1 nitrogen and oxygen atoms in total. The Balaban J connectivity index is 2.56. The molecular weight excluding hydrogens is 369 g/mol. The van der Waals surface area contributed by atoms with Crippen LogP contribution in [0.25, 0.3) is 0 Å². The summed E-state index contributed by atoms with van der Waals surface area (Å²) in [5.41, 5.74) is 5.18. The molecule has 0 aliphatic heterocycles. The summed E-state index contributed by atoms with van der Waals surface area (Å²) in [6, 6.07) is 12.7. The minimum absolute atomic E-state index is 0.172. The van der Waals surface area contributed by atoms with E-state index in [9.17, 15) is 0 Å². The number of nitrogens with one attached hydrogen (secondary N) is 1. The maximum absolute atomic E-state index is 6.15. The zero-order valence-corrected chi connectivity index (χ0v) is 14.2. The molecule has 19 heavy (non-hydrogen) atoms. The van der Waals surface area contributed by atoms with Gasteiger partial charge in [-0.2, -0.15) is 0 Å². The second-order valence-corrected chi connectivity index (χ2v) is 6.28. The molecule has 0 aliphatic rings. The first-order valence-electron chi connectivity index (χ1n) is 6.23. The molecule has 0 heterocycles. The zero-order valence-electron chi connectivity index (χ0n) is 11.3. The van der Waals surface area contributed by atoms with E-state index in [0.29, 0.717) is 0 Å². The average molecular weight is 386 g/mol. The smallest absolute Gasteiger partial charge is 0.0587 e. The summed E-state index contributed by atoms with van der Waals surface area (Å²) in [4.78, 5) is 0. The van der Waals surface area contributed by atoms with E-state index in [1.54, 1.807) is 0 Å². The largest absolute Gasteiger partial charge is 0.309 e. The molecule has 2 aromatic rings. The Labute approximate surface area is 133 Å². The van der Waals surface area contributed by atoms with E-state index < -0.39 is 0 Å². The summed E-state index contributed by atoms with van der Waals surface area (Å²) in [6.45, 7) is 4.32. The molecule has 0 radical (unpaired) electrons. The van der Waals surface area contributed by atoms with Gasteiger partial charge < -0.3 is 5.32 Å². The van der Waals surface area contributed by atoms with Crippen molar-refractivity contribution in [2.45, 2.75) is 19.9 Å². The van der Waals surface area contributed by atoms with Crippen molar-refractivity contribution in [1.29, 1.82) is 0 Å². The Morgan fingerprint density at radius 3 is 2.53 bits per heavy atom. The molecule has 0 aliphatic carbocycles. The summed E-state index contributed by atoms with van der Waals surface area (Å²) in [5, 5.41) is 4.19. The van der Waals surface area contributed by atoms with Gasteiger partial charge in [0.2, 0.25) is 0 Å². The highest BCUT2D eigenvalue weighted by atomic mass is 127. The first-order valence-corrected chi connectivity index (χ1v) is 7.68. The number of aryl methyl sites for hydroxylation is 1. The molecule has 0 bridgehead atoms. The van der Waals surface area contributed by atoms with Crippen LogP contribution in [0, 0.1) is 17.4 Å². The Bertz CT molecular complexity index is 593. The van der Waals surface area contributed by atoms with Gasteiger partial charge in [0, 0.05) is 8.59 Å². The van der Waals surface area contributed by atoms with Crippen LogP contribution in [-0.2, 0) is 0 Å². The Kier molecular flexibility index (Phi) is 4.87. The van der Waals surface area contributed by atoms with E-state index in [1.165, 1.54) is 25.8 Å². The van der Waals surface area contributed by atoms with Crippen molar-refractivity contribution in [2.24, 2.45) is 0 Å². The third-order valence-corrected chi connectivity index (χ3v) is 4.73. The Hall–Kier alpha value is -0.580. The van der Waals surface area contributed by atoms with E-state index in [2.05, 4.69) is 66.0 Å². The third kappa shape index (κ3) is 3.12. The fourth-order valence-corrected chi connectivity index (χ4v) is 3.13. The van der Waals surface area contributed by atoms with E-state index in [4.69, 9.17) is 11.6 Å². The van der Waals surface area contributed by atoms with Gasteiger partial charge in [0.05, 0.1) is 6.04 Å². The predicted octanol–water partition coefficient (Wildman–Crippen LogP) is 4.87. The lowest BCUT2D eigenvalue weighted by Gasteiger charge is -2.22. The monoisotopic (exact) mass is 385 g/mol. The highest BCUT2D eigenvalue weighted by Crippen LogP contribution is 2.31. The molecule has 2 aromatic carbocycles. The summed E-state index contributed by atoms with van der Waals surface area (Å²) >= 11 is 8.51. The van der Waals surface area contributed by atoms with E-state index in [1.807, 2.05) is 19.2 Å². The molecule has 0 spiro atoms. The highest BCUT2D eigenvalue weighted by molar-refractivity contribution is 14.1. The van der Waals surface area contributed by atoms with Crippen LogP contribution in [0.15, 0.2) is 36.4 Å². The zero-order chi connectivity index (χ0) is 14.0. The van der Waals surface area contributed by atoms with Gasteiger partial charge in [-0.1, -0.05) is 29.8 Å². The van der Waals surface area contributed by atoms with E-state index in [-0.39, 0.29) is 6.04 Å². The predicted molar refractivity (Wildman–Crippen MR) is 91.0 cm³/mol. The molecule has 0 saturated heterocycles. The molecule has 100 valence electrons. The van der Waals surface area contributed by atoms with Gasteiger partial charge in [0.1, 0.15) is 0 Å². The van der Waals surface area contributed by atoms with Gasteiger partial charge in [-0.25, -0.2) is 0 Å². The molecule has 0 saturated carbocycles. The number of halogens is 2. The lowest BCUT2D eigenvalue weighted by atomic mass is 9.93. The molecule has 0 amide bonds. The first-order chi connectivity index (χ1) is 9.04. The molecular formula is C16H17ClIN. The normalized spacial score (nSPS) is 12.5. The van der Waals surface area contributed by atoms with Gasteiger partial charge in [-0.3, -0.25) is 0 Å². The highest BCUT2D eigenvalue weighted by Gasteiger charge is 2.17. The van der Waals surface area contributed by atoms with Crippen molar-refractivity contribution < 1.29 is 0 Å². The van der Waals surface area contributed by atoms with Crippen molar-refractivity contribution in [3.63, 3.8) is 0 Å². The van der Waals surface area contributed by atoms with Crippen molar-refractivity contribution in [1.82, 2.24) is 5.32 Å². The van der Waals surface area contributed by atoms with Crippen molar-refractivity contribution in [3.05, 3.63) is 67.2 Å². The molecule has 1 N–H and O–H groups in total. The fraction of sp³-hybridized carbons (Fsp3) is 0.250. The SMILES string of the molecule is CNC(c1cc(Cl)ccc1I)c1cccc(C)c1C. The van der Waals surface area contributed by atoms with Crippen LogP contribution >= 0.6 is 34.2 Å². The second-order valence-electron chi connectivity index (χ2n) is 4.68. The lowest BCUT2D eigenvalue weighted by molar-refractivity contribution is 0.683. The van der Waals surface area contributed by atoms with Crippen molar-refractivity contribution in [2.75, 3.05) is 7.05 Å². The summed E-state index contributed by atoms with van der Waals surface area (Å²) in [7, 11) is 1.99. The summed E-state index contributed by atoms with van der Waals surface area (Å²) in [6.07, 6.45) is 0. The van der Waals surface area contributed by atoms with Gasteiger partial charge in [-0.15, -0.1) is 0 Å². The molecule has 1 unspecified atom stereocenters. The number of hydrogen-bond acceptors (Lipinski definition) is 1. The van der Waals surface area contributed by atoms with Gasteiger partial charge >= 0.3 is 0 Å². The van der Waals surface area contributed by atoms with E-state index in [0.717, 1.165) is 5.02 Å². The van der Waals surface area contributed by atoms with Crippen LogP contribution in [0.1, 0.15) is 28.3 Å². The maximum Gasteiger partial charge on any atom is 0.0587 e. The van der Waals surface area contributed by atoms with Crippen molar-refractivity contribution in [3.8, 4) is 0 Å². The summed E-state index contributed by atoms with van der Waals surface area (Å²) < 4.78 is 1.22. The number of benzene rings is 2. The molecule has 2 rings (SSSR count). The van der Waals surface area contributed by atoms with Gasteiger partial charge in [0.25, 0.3) is 0 Å². The van der Waals surface area contributed by atoms with Gasteiger partial charge in [-0.05, 0) is 83.9 Å². The van der Waals surface area contributed by atoms with Crippen LogP contribution < -0.4 is 5.32 Å². The summed E-state index contributed by atoms with van der Waals surface area (Å²) in [5.74, 6) is 0. The molecule has 3 heteroatoms. The van der Waals surface area contributed by atoms with Crippen LogP contribution in [0.3, 0.4) is 0 Å². The Morgan fingerprint density at radius 1 is 1.11 bits per heavy atom. The molecule has 1 atom stereocenters. The standard InChI is InChI=1S/C16H17ClIN/c1-10-5-4-6-13(11(10)2)16(19-3)14-9-12(17)7-8-15(14)18/h4-9,16,19H,1-3H3. The maximum atomic E-state index is 6.15. The Morgan fingerprint density at radius 2 is 1.84 bits per heavy atom.